The van der Waals surface area contributed by atoms with Gasteiger partial charge in [-0.25, -0.2) is 0 Å². The standard InChI is InChI=1S/C16H17P/c1-3-14-9-11-15(12-10-14)13-17(2)16-7-5-4-6-8-16/h3-12,17H,1-2,13H2. The van der Waals surface area contributed by atoms with Crippen LogP contribution in [-0.4, -0.2) is 6.30 Å². The summed E-state index contributed by atoms with van der Waals surface area (Å²) in [6, 6.07) is 19.2. The van der Waals surface area contributed by atoms with E-state index in [1.807, 2.05) is 6.08 Å². The van der Waals surface area contributed by atoms with Crippen molar-refractivity contribution in [1.82, 2.24) is 0 Å². The molecule has 0 aromatic heterocycles. The summed E-state index contributed by atoms with van der Waals surface area (Å²) in [7, 11) is -0.715. The summed E-state index contributed by atoms with van der Waals surface area (Å²) in [4.78, 5) is 0. The Kier molecular flexibility index (Phi) is 4.01. The lowest BCUT2D eigenvalue weighted by atomic mass is 10.1. The van der Waals surface area contributed by atoms with Gasteiger partial charge in [0.15, 0.2) is 0 Å². The van der Waals surface area contributed by atoms with Crippen molar-refractivity contribution in [3.05, 3.63) is 72.3 Å². The van der Waals surface area contributed by atoms with Crippen molar-refractivity contribution in [3.8, 4) is 0 Å². The second-order valence-electron chi connectivity index (χ2n) is 4.09. The van der Waals surface area contributed by atoms with Gasteiger partial charge >= 0.3 is 0 Å². The van der Waals surface area contributed by atoms with E-state index in [0.29, 0.717) is 0 Å². The second kappa shape index (κ2) is 5.70. The van der Waals surface area contributed by atoms with Crippen molar-refractivity contribution >= 4 is 25.2 Å². The normalized spacial score (nSPS) is 12.0. The average Bonchev–Trinajstić information content (AvgIpc) is 2.40. The Balaban J connectivity index is 2.10. The molecule has 17 heavy (non-hydrogen) atoms. The molecule has 0 aliphatic heterocycles. The molecule has 86 valence electrons. The minimum Gasteiger partial charge on any atom is -0.0990 e. The van der Waals surface area contributed by atoms with Gasteiger partial charge < -0.3 is 0 Å². The monoisotopic (exact) mass is 240 g/mol. The Bertz CT molecular complexity index is 509. The lowest BCUT2D eigenvalue weighted by Crippen LogP contribution is -1.96. The van der Waals surface area contributed by atoms with Crippen LogP contribution in [0, 0.1) is 0 Å². The highest BCUT2D eigenvalue weighted by atomic mass is 31.1. The van der Waals surface area contributed by atoms with Crippen molar-refractivity contribution in [1.29, 1.82) is 0 Å². The first-order valence-electron chi connectivity index (χ1n) is 5.74. The van der Waals surface area contributed by atoms with Crippen LogP contribution >= 0.6 is 7.55 Å². The number of hydrogen-bond donors (Lipinski definition) is 0. The van der Waals surface area contributed by atoms with Crippen molar-refractivity contribution in [2.24, 2.45) is 0 Å². The Labute approximate surface area is 104 Å². The summed E-state index contributed by atoms with van der Waals surface area (Å²) in [5.74, 6) is 0. The minimum atomic E-state index is -0.715. The highest BCUT2D eigenvalue weighted by molar-refractivity contribution is 7.62. The van der Waals surface area contributed by atoms with Crippen LogP contribution in [0.2, 0.25) is 0 Å². The van der Waals surface area contributed by atoms with Crippen LogP contribution in [0.1, 0.15) is 11.1 Å². The van der Waals surface area contributed by atoms with Gasteiger partial charge in [-0.05, 0) is 22.6 Å². The zero-order valence-corrected chi connectivity index (χ0v) is 10.9. The van der Waals surface area contributed by atoms with Gasteiger partial charge in [0, 0.05) is 0 Å². The van der Waals surface area contributed by atoms with Crippen molar-refractivity contribution in [2.75, 3.05) is 0 Å². The molecule has 0 bridgehead atoms. The molecule has 0 N–H and O–H groups in total. The van der Waals surface area contributed by atoms with Crippen LogP contribution in [0.3, 0.4) is 0 Å². The van der Waals surface area contributed by atoms with Crippen molar-refractivity contribution < 1.29 is 0 Å². The Morgan fingerprint density at radius 1 is 0.941 bits per heavy atom. The van der Waals surface area contributed by atoms with Crippen LogP contribution < -0.4 is 5.30 Å². The topological polar surface area (TPSA) is 0 Å². The Hall–Kier alpha value is -1.52. The molecule has 0 saturated heterocycles. The summed E-state index contributed by atoms with van der Waals surface area (Å²) < 4.78 is 0. The Morgan fingerprint density at radius 2 is 1.59 bits per heavy atom. The van der Waals surface area contributed by atoms with Gasteiger partial charge in [-0.3, -0.25) is 0 Å². The quantitative estimate of drug-likeness (QED) is 0.713. The molecule has 2 aromatic rings. The van der Waals surface area contributed by atoms with E-state index in [-0.39, 0.29) is 0 Å². The van der Waals surface area contributed by atoms with Crippen LogP contribution in [0.15, 0.2) is 61.2 Å². The van der Waals surface area contributed by atoms with E-state index in [9.17, 15) is 0 Å². The molecular weight excluding hydrogens is 223 g/mol. The van der Waals surface area contributed by atoms with E-state index in [2.05, 4.69) is 67.5 Å². The fraction of sp³-hybridized carbons (Fsp3) is 0.0625. The molecule has 2 rings (SSSR count). The van der Waals surface area contributed by atoms with Crippen molar-refractivity contribution in [2.45, 2.75) is 6.16 Å². The molecule has 2 aromatic carbocycles. The summed E-state index contributed by atoms with van der Waals surface area (Å²) >= 11 is 0. The summed E-state index contributed by atoms with van der Waals surface area (Å²) in [6.07, 6.45) is 7.28. The SMILES string of the molecule is C=Cc1ccc(C[PH](=C)c2ccccc2)cc1. The van der Waals surface area contributed by atoms with E-state index < -0.39 is 7.55 Å². The second-order valence-corrected chi connectivity index (χ2v) is 6.23. The maximum Gasteiger partial charge on any atom is -0.00671 e. The van der Waals surface area contributed by atoms with Crippen molar-refractivity contribution in [3.63, 3.8) is 0 Å². The molecule has 0 saturated carbocycles. The van der Waals surface area contributed by atoms with E-state index in [0.717, 1.165) is 6.16 Å². The third kappa shape index (κ3) is 3.22. The number of benzene rings is 2. The van der Waals surface area contributed by atoms with Gasteiger partial charge in [0.1, 0.15) is 0 Å². The molecular formula is C16H17P. The van der Waals surface area contributed by atoms with E-state index in [1.165, 1.54) is 16.4 Å². The lowest BCUT2D eigenvalue weighted by Gasteiger charge is -2.07. The molecule has 0 aliphatic carbocycles. The van der Waals surface area contributed by atoms with Crippen LogP contribution in [0.4, 0.5) is 0 Å². The molecule has 0 radical (unpaired) electrons. The summed E-state index contributed by atoms with van der Waals surface area (Å²) in [6.45, 7) is 3.76. The fourth-order valence-corrected chi connectivity index (χ4v) is 3.39. The van der Waals surface area contributed by atoms with Crippen LogP contribution in [0.25, 0.3) is 6.08 Å². The number of rotatable bonds is 4. The van der Waals surface area contributed by atoms with E-state index >= 15 is 0 Å². The maximum absolute atomic E-state index is 4.33. The molecule has 0 nitrogen and oxygen atoms in total. The molecule has 0 heterocycles. The number of hydrogen-bond acceptors (Lipinski definition) is 0. The van der Waals surface area contributed by atoms with Gasteiger partial charge in [0.25, 0.3) is 0 Å². The summed E-state index contributed by atoms with van der Waals surface area (Å²) in [5, 5.41) is 1.39. The van der Waals surface area contributed by atoms with E-state index in [4.69, 9.17) is 0 Å². The molecule has 0 spiro atoms. The highest BCUT2D eigenvalue weighted by Gasteiger charge is 1.98. The molecule has 0 fully saturated rings. The van der Waals surface area contributed by atoms with Crippen LogP contribution in [0.5, 0.6) is 0 Å². The van der Waals surface area contributed by atoms with Gasteiger partial charge in [-0.15, -0.1) is 0 Å². The third-order valence-corrected chi connectivity index (χ3v) is 4.80. The first-order chi connectivity index (χ1) is 8.29. The highest BCUT2D eigenvalue weighted by Crippen LogP contribution is 2.25. The molecule has 0 amide bonds. The van der Waals surface area contributed by atoms with Crippen LogP contribution in [-0.2, 0) is 6.16 Å². The maximum atomic E-state index is 4.33. The minimum absolute atomic E-state index is 0.715. The molecule has 0 aliphatic rings. The average molecular weight is 240 g/mol. The smallest absolute Gasteiger partial charge is 0.00671 e. The molecule has 1 unspecified atom stereocenters. The molecule has 1 heteroatoms. The van der Waals surface area contributed by atoms with Gasteiger partial charge in [-0.1, -0.05) is 81.1 Å². The first-order valence-corrected chi connectivity index (χ1v) is 7.65. The van der Waals surface area contributed by atoms with Gasteiger partial charge in [-0.2, -0.15) is 0 Å². The zero-order chi connectivity index (χ0) is 12.1. The molecule has 1 atom stereocenters. The lowest BCUT2D eigenvalue weighted by molar-refractivity contribution is 1.40. The predicted molar refractivity (Wildman–Crippen MR) is 81.7 cm³/mol. The summed E-state index contributed by atoms with van der Waals surface area (Å²) in [5.41, 5.74) is 2.54. The van der Waals surface area contributed by atoms with Gasteiger partial charge in [0.05, 0.1) is 0 Å². The first kappa shape index (κ1) is 12.0. The predicted octanol–water partition coefficient (Wildman–Crippen LogP) is 3.80. The zero-order valence-electron chi connectivity index (χ0n) is 9.89. The largest absolute Gasteiger partial charge is 0.0990 e. The third-order valence-electron chi connectivity index (χ3n) is 2.81. The van der Waals surface area contributed by atoms with E-state index in [1.54, 1.807) is 0 Å². The Morgan fingerprint density at radius 3 is 2.18 bits per heavy atom. The van der Waals surface area contributed by atoms with Gasteiger partial charge in [0.2, 0.25) is 0 Å². The fourth-order valence-electron chi connectivity index (χ4n) is 1.79.